The number of aromatic nitrogens is 2. The van der Waals surface area contributed by atoms with Gasteiger partial charge >= 0.3 is 6.03 Å². The van der Waals surface area contributed by atoms with Gasteiger partial charge < -0.3 is 14.3 Å². The molecule has 4 rings (SSSR count). The molecule has 140 valence electrons. The summed E-state index contributed by atoms with van der Waals surface area (Å²) in [7, 11) is 0. The van der Waals surface area contributed by atoms with Crippen molar-refractivity contribution in [2.75, 3.05) is 36.4 Å². The number of aryl methyl sites for hydroxylation is 1. The van der Waals surface area contributed by atoms with Crippen LogP contribution in [0.5, 0.6) is 0 Å². The van der Waals surface area contributed by atoms with E-state index in [0.717, 1.165) is 29.5 Å². The Morgan fingerprint density at radius 2 is 1.96 bits per heavy atom. The molecule has 7 nitrogen and oxygen atoms in total. The van der Waals surface area contributed by atoms with E-state index in [4.69, 9.17) is 21.1 Å². The van der Waals surface area contributed by atoms with Crippen molar-refractivity contribution in [1.82, 2.24) is 15.0 Å². The molecule has 0 radical (unpaired) electrons. The smallest absolute Gasteiger partial charge is 0.324 e. The van der Waals surface area contributed by atoms with E-state index >= 15 is 0 Å². The van der Waals surface area contributed by atoms with Gasteiger partial charge in [-0.25, -0.2) is 9.78 Å². The number of piperazine rings is 1. The van der Waals surface area contributed by atoms with Crippen LogP contribution < -0.4 is 10.2 Å². The number of anilines is 2. The first-order valence-corrected chi connectivity index (χ1v) is 9.81. The maximum Gasteiger partial charge on any atom is 0.324 e. The summed E-state index contributed by atoms with van der Waals surface area (Å²) >= 11 is 7.67. The maximum absolute atomic E-state index is 12.4. The predicted octanol–water partition coefficient (Wildman–Crippen LogP) is 4.11. The maximum atomic E-state index is 12.4. The van der Waals surface area contributed by atoms with Crippen LogP contribution in [0.25, 0.3) is 11.3 Å². The zero-order valence-electron chi connectivity index (χ0n) is 14.7. The molecule has 0 unspecified atom stereocenters. The number of benzene rings is 1. The Bertz CT molecular complexity index is 934. The van der Waals surface area contributed by atoms with Crippen LogP contribution in [0, 0.1) is 6.92 Å². The summed E-state index contributed by atoms with van der Waals surface area (Å²) in [4.78, 5) is 21.1. The van der Waals surface area contributed by atoms with Crippen molar-refractivity contribution in [2.45, 2.75) is 6.92 Å². The van der Waals surface area contributed by atoms with Crippen LogP contribution in [0.2, 0.25) is 5.02 Å². The lowest BCUT2D eigenvalue weighted by molar-refractivity contribution is 0.207. The number of nitrogens with zero attached hydrogens (tertiary/aromatic N) is 4. The largest absolute Gasteiger partial charge is 0.345 e. The Morgan fingerprint density at radius 1 is 1.22 bits per heavy atom. The third-order valence-electron chi connectivity index (χ3n) is 4.41. The molecule has 0 spiro atoms. The van der Waals surface area contributed by atoms with Crippen molar-refractivity contribution in [3.63, 3.8) is 0 Å². The van der Waals surface area contributed by atoms with Gasteiger partial charge in [0.15, 0.2) is 5.13 Å². The number of hydrogen-bond acceptors (Lipinski definition) is 6. The van der Waals surface area contributed by atoms with Crippen molar-refractivity contribution in [3.05, 3.63) is 46.4 Å². The first-order valence-electron chi connectivity index (χ1n) is 8.55. The van der Waals surface area contributed by atoms with Crippen molar-refractivity contribution >= 4 is 40.0 Å². The molecule has 1 aliphatic heterocycles. The van der Waals surface area contributed by atoms with Crippen LogP contribution in [0.15, 0.2) is 40.2 Å². The summed E-state index contributed by atoms with van der Waals surface area (Å²) in [5, 5.41) is 9.79. The summed E-state index contributed by atoms with van der Waals surface area (Å²) in [6.07, 6.45) is 0. The molecule has 27 heavy (non-hydrogen) atoms. The zero-order valence-corrected chi connectivity index (χ0v) is 16.3. The summed E-state index contributed by atoms with van der Waals surface area (Å²) in [5.41, 5.74) is 2.64. The Kier molecular flexibility index (Phi) is 5.00. The quantitative estimate of drug-likeness (QED) is 0.712. The van der Waals surface area contributed by atoms with Gasteiger partial charge in [-0.05, 0) is 6.92 Å². The summed E-state index contributed by atoms with van der Waals surface area (Å²) < 4.78 is 5.03. The van der Waals surface area contributed by atoms with Crippen LogP contribution in [0.4, 0.5) is 15.8 Å². The van der Waals surface area contributed by atoms with Crippen LogP contribution in [0.1, 0.15) is 5.69 Å². The molecule has 1 fully saturated rings. The lowest BCUT2D eigenvalue weighted by Gasteiger charge is -2.34. The molecule has 3 aromatic rings. The minimum absolute atomic E-state index is 0.189. The molecular formula is C18H18ClN5O2S. The predicted molar refractivity (Wildman–Crippen MR) is 107 cm³/mol. The van der Waals surface area contributed by atoms with Crippen LogP contribution in [-0.4, -0.2) is 47.3 Å². The SMILES string of the molecule is Cc1noc(NC(=O)N2CCN(c3nc(-c4ccccc4)cs3)CC2)c1Cl. The molecule has 1 N–H and O–H groups in total. The number of halogens is 1. The number of thiazole rings is 1. The fraction of sp³-hybridized carbons (Fsp3) is 0.278. The third kappa shape index (κ3) is 3.77. The molecule has 0 atom stereocenters. The second-order valence-electron chi connectivity index (χ2n) is 6.20. The lowest BCUT2D eigenvalue weighted by Crippen LogP contribution is -2.50. The van der Waals surface area contributed by atoms with E-state index in [-0.39, 0.29) is 11.9 Å². The first kappa shape index (κ1) is 17.8. The van der Waals surface area contributed by atoms with Crippen molar-refractivity contribution in [3.8, 4) is 11.3 Å². The Hall–Kier alpha value is -2.58. The van der Waals surface area contributed by atoms with Gasteiger partial charge in [-0.1, -0.05) is 47.1 Å². The molecule has 9 heteroatoms. The number of hydrogen-bond donors (Lipinski definition) is 1. The molecule has 2 amide bonds. The average Bonchev–Trinajstić information content (AvgIpc) is 3.32. The molecule has 0 aliphatic carbocycles. The normalized spacial score (nSPS) is 14.4. The van der Waals surface area contributed by atoms with Gasteiger partial charge in [0.25, 0.3) is 5.88 Å². The van der Waals surface area contributed by atoms with Gasteiger partial charge in [0.1, 0.15) is 10.7 Å². The summed E-state index contributed by atoms with van der Waals surface area (Å²) in [5.74, 6) is 0.189. The minimum Gasteiger partial charge on any atom is -0.345 e. The minimum atomic E-state index is -0.239. The highest BCUT2D eigenvalue weighted by Crippen LogP contribution is 2.28. The molecule has 1 aromatic carbocycles. The van der Waals surface area contributed by atoms with E-state index in [1.54, 1.807) is 23.2 Å². The summed E-state index contributed by atoms with van der Waals surface area (Å²) in [6.45, 7) is 4.35. The van der Waals surface area contributed by atoms with Gasteiger partial charge in [0.2, 0.25) is 0 Å². The zero-order chi connectivity index (χ0) is 18.8. The van der Waals surface area contributed by atoms with Crippen molar-refractivity contribution in [2.24, 2.45) is 0 Å². The number of amides is 2. The van der Waals surface area contributed by atoms with Gasteiger partial charge in [-0.15, -0.1) is 11.3 Å². The molecule has 3 heterocycles. The topological polar surface area (TPSA) is 74.5 Å². The molecule has 2 aromatic heterocycles. The second kappa shape index (κ2) is 7.58. The number of nitrogens with one attached hydrogen (secondary N) is 1. The first-order chi connectivity index (χ1) is 13.1. The molecule has 1 saturated heterocycles. The van der Waals surface area contributed by atoms with Crippen LogP contribution >= 0.6 is 22.9 Å². The Labute approximate surface area is 165 Å². The fourth-order valence-electron chi connectivity index (χ4n) is 2.86. The number of urea groups is 1. The van der Waals surface area contributed by atoms with Crippen molar-refractivity contribution < 1.29 is 9.32 Å². The van der Waals surface area contributed by atoms with Crippen molar-refractivity contribution in [1.29, 1.82) is 0 Å². The number of carbonyl (C=O) groups is 1. The van der Waals surface area contributed by atoms with E-state index < -0.39 is 0 Å². The van der Waals surface area contributed by atoms with Crippen LogP contribution in [0.3, 0.4) is 0 Å². The van der Waals surface area contributed by atoms with Crippen LogP contribution in [-0.2, 0) is 0 Å². The molecular weight excluding hydrogens is 386 g/mol. The molecule has 0 saturated carbocycles. The average molecular weight is 404 g/mol. The monoisotopic (exact) mass is 403 g/mol. The summed E-state index contributed by atoms with van der Waals surface area (Å²) in [6, 6.07) is 9.88. The lowest BCUT2D eigenvalue weighted by atomic mass is 10.2. The van der Waals surface area contributed by atoms with Gasteiger partial charge in [0.05, 0.1) is 5.69 Å². The Balaban J connectivity index is 1.36. The molecule has 0 bridgehead atoms. The van der Waals surface area contributed by atoms with Gasteiger partial charge in [-0.2, -0.15) is 0 Å². The third-order valence-corrected chi connectivity index (χ3v) is 5.76. The standard InChI is InChI=1S/C18H18ClN5O2S/c1-12-15(19)16(26-22-12)21-17(25)23-7-9-24(10-8-23)18-20-14(11-27-18)13-5-3-2-4-6-13/h2-6,11H,7-10H2,1H3,(H,21,25). The highest BCUT2D eigenvalue weighted by Gasteiger charge is 2.24. The van der Waals surface area contributed by atoms with E-state index in [0.29, 0.717) is 23.8 Å². The number of carbonyl (C=O) groups excluding carboxylic acids is 1. The van der Waals surface area contributed by atoms with E-state index in [1.807, 2.05) is 18.2 Å². The number of rotatable bonds is 3. The fourth-order valence-corrected chi connectivity index (χ4v) is 3.87. The van der Waals surface area contributed by atoms with Gasteiger partial charge in [0, 0.05) is 37.1 Å². The van der Waals surface area contributed by atoms with E-state index in [1.165, 1.54) is 0 Å². The highest BCUT2D eigenvalue weighted by molar-refractivity contribution is 7.14. The van der Waals surface area contributed by atoms with E-state index in [2.05, 4.69) is 32.9 Å². The highest BCUT2D eigenvalue weighted by atomic mass is 35.5. The van der Waals surface area contributed by atoms with Gasteiger partial charge in [-0.3, -0.25) is 5.32 Å². The second-order valence-corrected chi connectivity index (χ2v) is 7.41. The molecule has 1 aliphatic rings. The Morgan fingerprint density at radius 3 is 2.63 bits per heavy atom. The van der Waals surface area contributed by atoms with E-state index in [9.17, 15) is 4.79 Å².